The fourth-order valence-electron chi connectivity index (χ4n) is 6.22. The number of nitrogens with two attached hydrogens (primary N) is 2. The molecule has 2 aliphatic rings. The summed E-state index contributed by atoms with van der Waals surface area (Å²) in [7, 11) is 0. The summed E-state index contributed by atoms with van der Waals surface area (Å²) in [6, 6.07) is 8.40. The highest BCUT2D eigenvalue weighted by atomic mass is 32.1. The molecule has 4 aromatic heterocycles. The molecule has 210 valence electrons. The van der Waals surface area contributed by atoms with Crippen LogP contribution in [0, 0.1) is 0 Å². The van der Waals surface area contributed by atoms with Crippen LogP contribution in [0.4, 0.5) is 11.5 Å². The van der Waals surface area contributed by atoms with Crippen LogP contribution in [0.15, 0.2) is 49.3 Å². The van der Waals surface area contributed by atoms with E-state index in [-0.39, 0.29) is 12.0 Å². The maximum Gasteiger partial charge on any atom is 0.262 e. The summed E-state index contributed by atoms with van der Waals surface area (Å²) in [5.41, 5.74) is 16.9. The van der Waals surface area contributed by atoms with E-state index in [1.165, 1.54) is 29.6 Å². The lowest BCUT2D eigenvalue weighted by molar-refractivity contribution is 0.0995. The number of carbonyl (C=O) groups is 1. The predicted molar refractivity (Wildman–Crippen MR) is 159 cm³/mol. The molecule has 2 saturated heterocycles. The van der Waals surface area contributed by atoms with Crippen LogP contribution in [0.5, 0.6) is 5.75 Å². The number of benzene rings is 1. The van der Waals surface area contributed by atoms with Crippen molar-refractivity contribution in [2.24, 2.45) is 5.73 Å². The van der Waals surface area contributed by atoms with Gasteiger partial charge in [-0.2, -0.15) is 5.10 Å². The van der Waals surface area contributed by atoms with Gasteiger partial charge in [0.1, 0.15) is 29.2 Å². The van der Waals surface area contributed by atoms with Gasteiger partial charge in [-0.25, -0.2) is 19.5 Å². The van der Waals surface area contributed by atoms with Crippen LogP contribution in [0.25, 0.3) is 26.9 Å². The maximum atomic E-state index is 12.5. The molecule has 5 N–H and O–H groups in total. The summed E-state index contributed by atoms with van der Waals surface area (Å²) < 4.78 is 9.42. The first kappa shape index (κ1) is 25.7. The third-order valence-electron chi connectivity index (χ3n) is 8.12. The second-order valence-electron chi connectivity index (χ2n) is 10.6. The fourth-order valence-corrected chi connectivity index (χ4v) is 7.24. The molecule has 0 bridgehead atoms. The molecule has 5 aromatic rings. The Bertz CT molecular complexity index is 1730. The number of nitrogens with one attached hydrogen (secondary N) is 1. The van der Waals surface area contributed by atoms with Crippen LogP contribution < -0.4 is 26.4 Å². The van der Waals surface area contributed by atoms with E-state index in [0.29, 0.717) is 16.4 Å². The first-order valence-corrected chi connectivity index (χ1v) is 14.7. The molecule has 41 heavy (non-hydrogen) atoms. The molecule has 11 nitrogen and oxygen atoms in total. The van der Waals surface area contributed by atoms with Crippen molar-refractivity contribution in [3.63, 3.8) is 0 Å². The predicted octanol–water partition coefficient (Wildman–Crippen LogP) is 3.60. The van der Waals surface area contributed by atoms with Gasteiger partial charge in [-0.3, -0.25) is 4.79 Å². The number of thiophene rings is 1. The summed E-state index contributed by atoms with van der Waals surface area (Å²) in [6.07, 6.45) is 10.4. The quantitative estimate of drug-likeness (QED) is 0.279. The Hall–Kier alpha value is -4.29. The van der Waals surface area contributed by atoms with Crippen molar-refractivity contribution in [1.82, 2.24) is 29.9 Å². The smallest absolute Gasteiger partial charge is 0.262 e. The first-order valence-electron chi connectivity index (χ1n) is 13.9. The number of aromatic nitrogens is 5. The highest BCUT2D eigenvalue weighted by molar-refractivity contribution is 7.21. The number of anilines is 2. The number of hydrogen-bond donors (Lipinski definition) is 3. The number of amides is 1. The lowest BCUT2D eigenvalue weighted by Crippen LogP contribution is -2.35. The topological polar surface area (TPSA) is 150 Å². The standard InChI is InChI=1S/C29H31N9O2S/c30-28-25-22(11-21(38(25)36-16-35-28)18-12-33-15-34-13-18)37-10-2-3-17(14-37)20-4-1-5-23-24(20)26(27(41-23)29(31)39)40-19-6-8-32-9-7-19/h1,4-5,11-13,15-17,19,32H,2-3,6-10,14H2,(H2,31,39)(H2,30,35,36). The summed E-state index contributed by atoms with van der Waals surface area (Å²) in [5, 5.41) is 8.92. The van der Waals surface area contributed by atoms with Crippen molar-refractivity contribution in [3.8, 4) is 17.0 Å². The van der Waals surface area contributed by atoms with Gasteiger partial charge in [0.05, 0.1) is 11.4 Å². The number of nitrogen functional groups attached to an aromatic ring is 1. The van der Waals surface area contributed by atoms with Gasteiger partial charge in [0.25, 0.3) is 5.91 Å². The second kappa shape index (κ2) is 10.6. The second-order valence-corrected chi connectivity index (χ2v) is 11.7. The average Bonchev–Trinajstić information content (AvgIpc) is 3.58. The SMILES string of the molecule is NC(=O)c1sc2cccc(C3CCCN(c4cc(-c5cncnc5)n5ncnc(N)c45)C3)c2c1OC1CCNCC1. The van der Waals surface area contributed by atoms with E-state index in [4.69, 9.17) is 16.2 Å². The minimum Gasteiger partial charge on any atom is -0.488 e. The van der Waals surface area contributed by atoms with Crippen molar-refractivity contribution < 1.29 is 9.53 Å². The van der Waals surface area contributed by atoms with Gasteiger partial charge in [0, 0.05) is 47.1 Å². The number of hydrogen-bond acceptors (Lipinski definition) is 10. The minimum absolute atomic E-state index is 0.0548. The zero-order valence-corrected chi connectivity index (χ0v) is 23.3. The van der Waals surface area contributed by atoms with Gasteiger partial charge in [-0.05, 0) is 56.5 Å². The number of nitrogens with zero attached hydrogens (tertiary/aromatic N) is 6. The summed E-state index contributed by atoms with van der Waals surface area (Å²) in [5.74, 6) is 0.835. The number of piperidine rings is 2. The number of carbonyl (C=O) groups excluding carboxylic acids is 1. The number of ether oxygens (including phenoxy) is 1. The Morgan fingerprint density at radius 1 is 1.12 bits per heavy atom. The summed E-state index contributed by atoms with van der Waals surface area (Å²) >= 11 is 1.42. The molecule has 2 aliphatic heterocycles. The molecule has 2 fully saturated rings. The van der Waals surface area contributed by atoms with Gasteiger partial charge in [0.2, 0.25) is 0 Å². The van der Waals surface area contributed by atoms with E-state index in [0.717, 1.165) is 84.4 Å². The molecule has 6 heterocycles. The monoisotopic (exact) mass is 569 g/mol. The first-order chi connectivity index (χ1) is 20.1. The molecule has 0 radical (unpaired) electrons. The average molecular weight is 570 g/mol. The maximum absolute atomic E-state index is 12.5. The van der Waals surface area contributed by atoms with Crippen LogP contribution in [0.2, 0.25) is 0 Å². The zero-order valence-electron chi connectivity index (χ0n) is 22.5. The van der Waals surface area contributed by atoms with E-state index < -0.39 is 5.91 Å². The van der Waals surface area contributed by atoms with Gasteiger partial charge in [-0.15, -0.1) is 11.3 Å². The van der Waals surface area contributed by atoms with Crippen molar-refractivity contribution >= 4 is 44.4 Å². The Morgan fingerprint density at radius 2 is 1.95 bits per heavy atom. The van der Waals surface area contributed by atoms with E-state index in [9.17, 15) is 4.79 Å². The summed E-state index contributed by atoms with van der Waals surface area (Å²) in [4.78, 5) is 28.1. The molecule has 0 aliphatic carbocycles. The highest BCUT2D eigenvalue weighted by Gasteiger charge is 2.30. The lowest BCUT2D eigenvalue weighted by Gasteiger charge is -2.35. The third kappa shape index (κ3) is 4.62. The molecule has 7 rings (SSSR count). The normalized spacial score (nSPS) is 18.2. The lowest BCUT2D eigenvalue weighted by atomic mass is 9.88. The molecule has 1 atom stereocenters. The summed E-state index contributed by atoms with van der Waals surface area (Å²) in [6.45, 7) is 3.45. The van der Waals surface area contributed by atoms with Crippen molar-refractivity contribution in [3.05, 3.63) is 59.8 Å². The van der Waals surface area contributed by atoms with Gasteiger partial charge in [-0.1, -0.05) is 12.1 Å². The van der Waals surface area contributed by atoms with Crippen molar-refractivity contribution in [1.29, 1.82) is 0 Å². The van der Waals surface area contributed by atoms with Crippen LogP contribution in [0.1, 0.15) is 46.8 Å². The minimum atomic E-state index is -0.445. The number of fused-ring (bicyclic) bond motifs is 2. The molecule has 1 aromatic carbocycles. The Labute approximate surface area is 240 Å². The third-order valence-corrected chi connectivity index (χ3v) is 9.27. The largest absolute Gasteiger partial charge is 0.488 e. The van der Waals surface area contributed by atoms with Crippen LogP contribution in [-0.2, 0) is 0 Å². The van der Waals surface area contributed by atoms with Crippen molar-refractivity contribution in [2.45, 2.75) is 37.7 Å². The molecule has 1 amide bonds. The molecule has 0 spiro atoms. The van der Waals surface area contributed by atoms with E-state index >= 15 is 0 Å². The van der Waals surface area contributed by atoms with Crippen molar-refractivity contribution in [2.75, 3.05) is 36.8 Å². The number of primary amides is 1. The van der Waals surface area contributed by atoms with Gasteiger partial charge < -0.3 is 26.4 Å². The Balaban J connectivity index is 1.29. The van der Waals surface area contributed by atoms with E-state index in [1.54, 1.807) is 12.4 Å². The Kier molecular flexibility index (Phi) is 6.63. The molecule has 0 saturated carbocycles. The molecule has 12 heteroatoms. The Morgan fingerprint density at radius 3 is 2.76 bits per heavy atom. The van der Waals surface area contributed by atoms with Crippen LogP contribution >= 0.6 is 11.3 Å². The van der Waals surface area contributed by atoms with E-state index in [2.05, 4.69) is 54.5 Å². The molecule has 1 unspecified atom stereocenters. The van der Waals surface area contributed by atoms with Gasteiger partial charge in [0.15, 0.2) is 11.6 Å². The molecular formula is C29H31N9O2S. The highest BCUT2D eigenvalue weighted by Crippen LogP contribution is 2.45. The van der Waals surface area contributed by atoms with Crippen LogP contribution in [-0.4, -0.2) is 62.8 Å². The van der Waals surface area contributed by atoms with Gasteiger partial charge >= 0.3 is 0 Å². The molecular weight excluding hydrogens is 538 g/mol. The van der Waals surface area contributed by atoms with E-state index in [1.807, 2.05) is 4.52 Å². The zero-order chi connectivity index (χ0) is 27.9. The number of rotatable bonds is 6. The van der Waals surface area contributed by atoms with Crippen LogP contribution in [0.3, 0.4) is 0 Å². The fraction of sp³-hybridized carbons (Fsp3) is 0.345.